The topological polar surface area (TPSA) is 105 Å². The van der Waals surface area contributed by atoms with Crippen LogP contribution >= 0.6 is 0 Å². The third-order valence-electron chi connectivity index (χ3n) is 11.9. The predicted octanol–water partition coefficient (Wildman–Crippen LogP) is 6.04. The fourth-order valence-electron chi connectivity index (χ4n) is 8.86. The summed E-state index contributed by atoms with van der Waals surface area (Å²) in [5.41, 5.74) is 11.1. The van der Waals surface area contributed by atoms with E-state index >= 15 is 0 Å². The molecule has 4 aromatic rings. The summed E-state index contributed by atoms with van der Waals surface area (Å²) in [6.07, 6.45) is 8.04. The van der Waals surface area contributed by atoms with Gasteiger partial charge in [-0.3, -0.25) is 29.2 Å². The number of pyridine rings is 1. The number of aromatic nitrogens is 1. The number of ketones is 2. The zero-order valence-corrected chi connectivity index (χ0v) is 31.5. The van der Waals surface area contributed by atoms with E-state index in [1.54, 1.807) is 32.0 Å². The van der Waals surface area contributed by atoms with Crippen molar-refractivity contribution in [1.29, 1.82) is 0 Å². The van der Waals surface area contributed by atoms with Gasteiger partial charge in [-0.05, 0) is 96.8 Å². The molecule has 1 atom stereocenters. The van der Waals surface area contributed by atoms with Crippen molar-refractivity contribution in [3.05, 3.63) is 110 Å². The minimum atomic E-state index is -0.259. The van der Waals surface area contributed by atoms with Gasteiger partial charge in [0.15, 0.2) is 5.78 Å². The van der Waals surface area contributed by atoms with Crippen molar-refractivity contribution in [2.24, 2.45) is 12.0 Å². The number of hydrogen-bond acceptors (Lipinski definition) is 9. The maximum atomic E-state index is 12.7. The van der Waals surface area contributed by atoms with Crippen molar-refractivity contribution in [2.75, 3.05) is 39.2 Å². The lowest BCUT2D eigenvalue weighted by Gasteiger charge is -2.35. The molecular formula is C44H49N5O5. The maximum Gasteiger partial charge on any atom is 0.256 e. The summed E-state index contributed by atoms with van der Waals surface area (Å²) in [5.74, 6) is 2.12. The van der Waals surface area contributed by atoms with Gasteiger partial charge >= 0.3 is 0 Å². The smallest absolute Gasteiger partial charge is 0.256 e. The molecule has 1 unspecified atom stereocenters. The number of fused-ring (bicyclic) bond motifs is 2. The Balaban J connectivity index is 0.898. The number of carbonyl (C=O) groups excluding carboxylic acids is 2. The molecular weight excluding hydrogens is 679 g/mol. The second kappa shape index (κ2) is 15.4. The number of piperidine rings is 1. The largest absolute Gasteiger partial charge is 0.496 e. The van der Waals surface area contributed by atoms with Crippen LogP contribution in [0.3, 0.4) is 0 Å². The SMILES string of the molecule is COc1cc(-c2cn(C)c(=O)c3c2C=NC3)cc(OC)c1CN1CCc2c(CN3CCC(c4ccc(NC5CCC(=O)CC5=O)cc4)CC3)cccc2C1. The van der Waals surface area contributed by atoms with Crippen molar-refractivity contribution in [3.63, 3.8) is 0 Å². The highest BCUT2D eigenvalue weighted by molar-refractivity contribution is 6.05. The van der Waals surface area contributed by atoms with Gasteiger partial charge in [0, 0.05) is 74.4 Å². The molecule has 280 valence electrons. The number of anilines is 1. The number of likely N-dealkylation sites (tertiary alicyclic amines) is 1. The molecule has 10 heteroatoms. The molecule has 4 aliphatic rings. The second-order valence-electron chi connectivity index (χ2n) is 15.3. The number of hydrogen-bond donors (Lipinski definition) is 1. The van der Waals surface area contributed by atoms with Crippen LogP contribution in [0.5, 0.6) is 11.5 Å². The molecule has 1 saturated heterocycles. The molecule has 0 amide bonds. The Morgan fingerprint density at radius 3 is 2.33 bits per heavy atom. The van der Waals surface area contributed by atoms with Gasteiger partial charge < -0.3 is 19.4 Å². The standard InChI is InChI=1S/C44H49N5O5/c1-47-26-38(36-22-45-23-37(36)44(47)52)32-19-42(53-2)39(43(20-32)54-3)27-49-18-15-35-30(5-4-6-31(35)25-49)24-48-16-13-29(14-17-48)28-7-9-33(10-8-28)46-40-12-11-34(50)21-41(40)51/h4-10,19-20,22,26,29,40,46H,11-18,21,23-25,27H2,1-3H3. The van der Waals surface area contributed by atoms with E-state index in [9.17, 15) is 14.4 Å². The Bertz CT molecular complexity index is 2140. The summed E-state index contributed by atoms with van der Waals surface area (Å²) >= 11 is 0. The molecule has 4 heterocycles. The highest BCUT2D eigenvalue weighted by atomic mass is 16.5. The minimum Gasteiger partial charge on any atom is -0.496 e. The molecule has 10 nitrogen and oxygen atoms in total. The summed E-state index contributed by atoms with van der Waals surface area (Å²) in [6.45, 7) is 6.02. The van der Waals surface area contributed by atoms with Crippen LogP contribution in [0.15, 0.2) is 70.6 Å². The zero-order chi connectivity index (χ0) is 37.3. The maximum absolute atomic E-state index is 12.7. The number of benzene rings is 3. The number of nitrogens with zero attached hydrogens (tertiary/aromatic N) is 4. The minimum absolute atomic E-state index is 0.00175. The molecule has 0 radical (unpaired) electrons. The fraction of sp³-hybridized carbons (Fsp3) is 0.409. The Hall–Kier alpha value is -5.06. The van der Waals surface area contributed by atoms with Gasteiger partial charge in [-0.1, -0.05) is 30.3 Å². The molecule has 3 aliphatic heterocycles. The van der Waals surface area contributed by atoms with Crippen LogP contribution in [0, 0.1) is 0 Å². The Morgan fingerprint density at radius 2 is 1.61 bits per heavy atom. The van der Waals surface area contributed by atoms with Crippen LogP contribution in [-0.4, -0.2) is 72.0 Å². The van der Waals surface area contributed by atoms with Gasteiger partial charge in [-0.25, -0.2) is 0 Å². The van der Waals surface area contributed by atoms with Crippen molar-refractivity contribution >= 4 is 23.5 Å². The van der Waals surface area contributed by atoms with Crippen LogP contribution in [0.2, 0.25) is 0 Å². The third-order valence-corrected chi connectivity index (χ3v) is 11.9. The summed E-state index contributed by atoms with van der Waals surface area (Å²) in [7, 11) is 5.19. The van der Waals surface area contributed by atoms with E-state index in [0.29, 0.717) is 31.8 Å². The number of rotatable bonds is 10. The first-order valence-electron chi connectivity index (χ1n) is 19.2. The van der Waals surface area contributed by atoms with Gasteiger partial charge in [-0.2, -0.15) is 0 Å². The van der Waals surface area contributed by atoms with Crippen molar-refractivity contribution in [2.45, 2.75) is 76.7 Å². The highest BCUT2D eigenvalue weighted by Crippen LogP contribution is 2.39. The quantitative estimate of drug-likeness (QED) is 0.197. The number of nitrogens with one attached hydrogen (secondary N) is 1. The van der Waals surface area contributed by atoms with Gasteiger partial charge in [-0.15, -0.1) is 0 Å². The molecule has 2 fully saturated rings. The molecule has 0 spiro atoms. The van der Waals surface area contributed by atoms with Crippen molar-refractivity contribution < 1.29 is 19.1 Å². The van der Waals surface area contributed by atoms with E-state index < -0.39 is 0 Å². The molecule has 0 bridgehead atoms. The van der Waals surface area contributed by atoms with Crippen LogP contribution in [0.4, 0.5) is 5.69 Å². The lowest BCUT2D eigenvalue weighted by atomic mass is 9.88. The first-order chi connectivity index (χ1) is 26.3. The molecule has 8 rings (SSSR count). The van der Waals surface area contributed by atoms with E-state index in [2.05, 4.69) is 74.7 Å². The van der Waals surface area contributed by atoms with E-state index in [0.717, 1.165) is 97.0 Å². The third kappa shape index (κ3) is 7.24. The first kappa shape index (κ1) is 35.9. The predicted molar refractivity (Wildman–Crippen MR) is 211 cm³/mol. The number of carbonyl (C=O) groups is 2. The van der Waals surface area contributed by atoms with Crippen molar-refractivity contribution in [3.8, 4) is 22.6 Å². The number of ether oxygens (including phenoxy) is 2. The van der Waals surface area contributed by atoms with E-state index in [1.165, 1.54) is 22.3 Å². The van der Waals surface area contributed by atoms with E-state index in [-0.39, 0.29) is 29.6 Å². The van der Waals surface area contributed by atoms with Crippen LogP contribution in [-0.2, 0) is 49.2 Å². The lowest BCUT2D eigenvalue weighted by Crippen LogP contribution is -2.35. The Morgan fingerprint density at radius 1 is 0.852 bits per heavy atom. The molecule has 1 aliphatic carbocycles. The van der Waals surface area contributed by atoms with E-state index in [1.807, 2.05) is 6.20 Å². The number of methoxy groups -OCH3 is 2. The summed E-state index contributed by atoms with van der Waals surface area (Å²) in [6, 6.07) is 19.2. The van der Waals surface area contributed by atoms with Gasteiger partial charge in [0.1, 0.15) is 17.3 Å². The monoisotopic (exact) mass is 727 g/mol. The number of Topliss-reactive ketones (excluding diaryl/α,β-unsaturated/α-hetero) is 2. The Kier molecular flexibility index (Phi) is 10.2. The molecule has 1 N–H and O–H groups in total. The Labute approximate surface area is 316 Å². The normalized spacial score (nSPS) is 19.1. The molecule has 3 aromatic carbocycles. The van der Waals surface area contributed by atoms with Crippen LogP contribution in [0.25, 0.3) is 11.1 Å². The highest BCUT2D eigenvalue weighted by Gasteiger charge is 2.28. The average molecular weight is 728 g/mol. The summed E-state index contributed by atoms with van der Waals surface area (Å²) in [5, 5.41) is 3.35. The zero-order valence-electron chi connectivity index (χ0n) is 31.5. The van der Waals surface area contributed by atoms with Crippen LogP contribution in [0.1, 0.15) is 77.0 Å². The van der Waals surface area contributed by atoms with Crippen LogP contribution < -0.4 is 20.3 Å². The van der Waals surface area contributed by atoms with Gasteiger partial charge in [0.05, 0.1) is 38.8 Å². The second-order valence-corrected chi connectivity index (χ2v) is 15.3. The average Bonchev–Trinajstić information content (AvgIpc) is 3.69. The first-order valence-corrected chi connectivity index (χ1v) is 19.2. The number of aryl methyl sites for hydroxylation is 1. The van der Waals surface area contributed by atoms with Gasteiger partial charge in [0.25, 0.3) is 5.56 Å². The van der Waals surface area contributed by atoms with Gasteiger partial charge in [0.2, 0.25) is 0 Å². The molecule has 1 saturated carbocycles. The summed E-state index contributed by atoms with van der Waals surface area (Å²) < 4.78 is 13.6. The van der Waals surface area contributed by atoms with E-state index in [4.69, 9.17) is 9.47 Å². The molecule has 1 aromatic heterocycles. The number of aliphatic imine (C=N–C) groups is 1. The lowest BCUT2D eigenvalue weighted by molar-refractivity contribution is -0.130. The molecule has 54 heavy (non-hydrogen) atoms. The fourth-order valence-corrected chi connectivity index (χ4v) is 8.86. The summed E-state index contributed by atoms with van der Waals surface area (Å²) in [4.78, 5) is 46.0. The van der Waals surface area contributed by atoms with Crippen molar-refractivity contribution in [1.82, 2.24) is 14.4 Å².